The molecule has 55 heavy (non-hydrogen) atoms. The van der Waals surface area contributed by atoms with Crippen LogP contribution in [-0.2, 0) is 43.2 Å². The Balaban J connectivity index is 6.43. The standard InChI is InChI=1S/C36H63N7O12/c1-10-19(7)28(42-30(48)22(37)14-17(3)4)34(52)41-25(16-27(46)47)33(51)39-23(12-13-26(44)45)31(49)43-29(20(8)11-2)35(53)40-24(15-18(5)6)32(50)38-21(9)36(54)55/h17-25,28-29H,10-16,37H2,1-9H3,(H,38,50)(H,39,51)(H,40,53)(H,41,52)(H,42,48)(H,43,49)(H,44,45)(H,46,47)(H,54,55)/t19-,20-,21-,22-,23-,24-,25-,28-,29-/m0/s1. The van der Waals surface area contributed by atoms with Crippen LogP contribution in [0.4, 0.5) is 0 Å². The minimum absolute atomic E-state index is 0.0732. The van der Waals surface area contributed by atoms with Crippen LogP contribution in [-0.4, -0.2) is 111 Å². The minimum Gasteiger partial charge on any atom is -0.481 e. The summed E-state index contributed by atoms with van der Waals surface area (Å²) in [5.74, 6) is -10.5. The second-order valence-electron chi connectivity index (χ2n) is 14.9. The first-order chi connectivity index (χ1) is 25.4. The summed E-state index contributed by atoms with van der Waals surface area (Å²) in [4.78, 5) is 115. The van der Waals surface area contributed by atoms with E-state index in [-0.39, 0.29) is 18.3 Å². The third-order valence-corrected chi connectivity index (χ3v) is 9.01. The lowest BCUT2D eigenvalue weighted by atomic mass is 9.96. The molecule has 0 radical (unpaired) electrons. The first-order valence-electron chi connectivity index (χ1n) is 18.7. The monoisotopic (exact) mass is 785 g/mol. The number of carbonyl (C=O) groups is 9. The van der Waals surface area contributed by atoms with Crippen LogP contribution in [0.5, 0.6) is 0 Å². The van der Waals surface area contributed by atoms with Gasteiger partial charge in [0.2, 0.25) is 35.4 Å². The summed E-state index contributed by atoms with van der Waals surface area (Å²) in [7, 11) is 0. The minimum atomic E-state index is -1.78. The number of rotatable bonds is 26. The van der Waals surface area contributed by atoms with Crippen molar-refractivity contribution in [3.63, 3.8) is 0 Å². The van der Waals surface area contributed by atoms with Crippen LogP contribution in [0.3, 0.4) is 0 Å². The molecule has 0 fully saturated rings. The maximum absolute atomic E-state index is 13.7. The number of carboxylic acids is 3. The van der Waals surface area contributed by atoms with Gasteiger partial charge in [-0.1, -0.05) is 68.2 Å². The molecule has 0 heterocycles. The maximum atomic E-state index is 13.7. The summed E-state index contributed by atoms with van der Waals surface area (Å²) in [5, 5.41) is 42.8. The average Bonchev–Trinajstić information content (AvgIpc) is 3.08. The van der Waals surface area contributed by atoms with Crippen molar-refractivity contribution in [1.82, 2.24) is 31.9 Å². The van der Waals surface area contributed by atoms with E-state index in [2.05, 4.69) is 31.9 Å². The predicted octanol–water partition coefficient (Wildman–Crippen LogP) is -0.149. The maximum Gasteiger partial charge on any atom is 0.325 e. The third kappa shape index (κ3) is 18.9. The normalized spacial score (nSPS) is 16.1. The average molecular weight is 786 g/mol. The van der Waals surface area contributed by atoms with Crippen molar-refractivity contribution in [3.05, 3.63) is 0 Å². The number of nitrogens with two attached hydrogens (primary N) is 1. The Morgan fingerprint density at radius 3 is 1.35 bits per heavy atom. The molecule has 0 saturated heterocycles. The van der Waals surface area contributed by atoms with Crippen molar-refractivity contribution in [2.75, 3.05) is 0 Å². The molecule has 0 aromatic heterocycles. The van der Waals surface area contributed by atoms with E-state index in [1.165, 1.54) is 6.92 Å². The fraction of sp³-hybridized carbons (Fsp3) is 0.750. The number of nitrogens with one attached hydrogen (secondary N) is 6. The van der Waals surface area contributed by atoms with E-state index < -0.39 is 127 Å². The first-order valence-corrected chi connectivity index (χ1v) is 18.7. The number of hydrogen-bond acceptors (Lipinski definition) is 10. The molecule has 11 N–H and O–H groups in total. The van der Waals surface area contributed by atoms with Crippen molar-refractivity contribution in [2.24, 2.45) is 29.4 Å². The molecule has 0 aliphatic carbocycles. The molecule has 0 bridgehead atoms. The Morgan fingerprint density at radius 1 is 0.509 bits per heavy atom. The summed E-state index contributed by atoms with van der Waals surface area (Å²) in [5.41, 5.74) is 5.99. The molecule has 0 rings (SSSR count). The molecule has 314 valence electrons. The van der Waals surface area contributed by atoms with Crippen LogP contribution >= 0.6 is 0 Å². The van der Waals surface area contributed by atoms with Gasteiger partial charge in [-0.3, -0.25) is 43.2 Å². The zero-order valence-corrected chi connectivity index (χ0v) is 33.4. The van der Waals surface area contributed by atoms with Gasteiger partial charge in [0.15, 0.2) is 0 Å². The van der Waals surface area contributed by atoms with Gasteiger partial charge in [-0.05, 0) is 49.9 Å². The molecule has 0 saturated carbocycles. The lowest BCUT2D eigenvalue weighted by molar-refractivity contribution is -0.142. The molecule has 0 aliphatic rings. The number of aliphatic carboxylic acids is 3. The first kappa shape index (κ1) is 50.2. The van der Waals surface area contributed by atoms with E-state index in [4.69, 9.17) is 5.73 Å². The Hall–Kier alpha value is -4.81. The van der Waals surface area contributed by atoms with E-state index in [1.807, 2.05) is 13.8 Å². The smallest absolute Gasteiger partial charge is 0.325 e. The molecule has 0 aromatic rings. The summed E-state index contributed by atoms with van der Waals surface area (Å²) in [6.07, 6.45) is -0.900. The second kappa shape index (κ2) is 24.6. The lowest BCUT2D eigenvalue weighted by Crippen LogP contribution is -2.61. The highest BCUT2D eigenvalue weighted by atomic mass is 16.4. The fourth-order valence-corrected chi connectivity index (χ4v) is 5.33. The zero-order chi connectivity index (χ0) is 42.7. The van der Waals surface area contributed by atoms with Gasteiger partial charge in [0, 0.05) is 6.42 Å². The fourth-order valence-electron chi connectivity index (χ4n) is 5.33. The molecular weight excluding hydrogens is 722 g/mol. The van der Waals surface area contributed by atoms with Crippen molar-refractivity contribution in [3.8, 4) is 0 Å². The van der Waals surface area contributed by atoms with E-state index in [0.29, 0.717) is 19.3 Å². The van der Waals surface area contributed by atoms with E-state index in [9.17, 15) is 58.5 Å². The molecule has 19 nitrogen and oxygen atoms in total. The van der Waals surface area contributed by atoms with Gasteiger partial charge in [-0.25, -0.2) is 0 Å². The van der Waals surface area contributed by atoms with Crippen LogP contribution in [0, 0.1) is 23.7 Å². The number of amides is 6. The SMILES string of the molecule is CC[C@H](C)[C@H](NC(=O)[C@H](CCC(=O)O)NC(=O)[C@H](CC(=O)O)NC(=O)[C@@H](NC(=O)[C@@H](N)CC(C)C)[C@@H](C)CC)C(=O)N[C@@H](CC(C)C)C(=O)N[C@@H](C)C(=O)O. The molecule has 6 amide bonds. The van der Waals surface area contributed by atoms with Crippen LogP contribution in [0.1, 0.15) is 107 Å². The Bertz CT molecular complexity index is 1360. The Labute approximate surface area is 322 Å². The molecule has 0 spiro atoms. The lowest BCUT2D eigenvalue weighted by Gasteiger charge is -2.30. The van der Waals surface area contributed by atoms with Gasteiger partial charge in [0.05, 0.1) is 12.5 Å². The van der Waals surface area contributed by atoms with Gasteiger partial charge in [0.25, 0.3) is 0 Å². The van der Waals surface area contributed by atoms with Crippen LogP contribution in [0.15, 0.2) is 0 Å². The Kier molecular flexibility index (Phi) is 22.4. The van der Waals surface area contributed by atoms with Crippen LogP contribution in [0.2, 0.25) is 0 Å². The van der Waals surface area contributed by atoms with E-state index in [0.717, 1.165) is 0 Å². The number of hydrogen-bond donors (Lipinski definition) is 10. The zero-order valence-electron chi connectivity index (χ0n) is 33.4. The number of carboxylic acid groups (broad SMARTS) is 3. The summed E-state index contributed by atoms with van der Waals surface area (Å²) < 4.78 is 0. The van der Waals surface area contributed by atoms with Crippen molar-refractivity contribution < 1.29 is 58.5 Å². The summed E-state index contributed by atoms with van der Waals surface area (Å²) in [6, 6.07) is -9.34. The topological polar surface area (TPSA) is 313 Å². The highest BCUT2D eigenvalue weighted by molar-refractivity contribution is 5.98. The summed E-state index contributed by atoms with van der Waals surface area (Å²) >= 11 is 0. The van der Waals surface area contributed by atoms with E-state index >= 15 is 0 Å². The van der Waals surface area contributed by atoms with E-state index in [1.54, 1.807) is 41.5 Å². The number of carbonyl (C=O) groups excluding carboxylic acids is 6. The van der Waals surface area contributed by atoms with Crippen molar-refractivity contribution >= 4 is 53.4 Å². The molecule has 0 aromatic carbocycles. The van der Waals surface area contributed by atoms with Gasteiger partial charge < -0.3 is 53.0 Å². The third-order valence-electron chi connectivity index (χ3n) is 9.01. The molecule has 0 aliphatic heterocycles. The highest BCUT2D eigenvalue weighted by Crippen LogP contribution is 2.14. The molecular formula is C36H63N7O12. The van der Waals surface area contributed by atoms with Crippen LogP contribution < -0.4 is 37.6 Å². The van der Waals surface area contributed by atoms with Crippen LogP contribution in [0.25, 0.3) is 0 Å². The molecule has 0 unspecified atom stereocenters. The molecule has 9 atom stereocenters. The van der Waals surface area contributed by atoms with Gasteiger partial charge in [-0.15, -0.1) is 0 Å². The highest BCUT2D eigenvalue weighted by Gasteiger charge is 2.36. The largest absolute Gasteiger partial charge is 0.481 e. The van der Waals surface area contributed by atoms with Gasteiger partial charge >= 0.3 is 17.9 Å². The summed E-state index contributed by atoms with van der Waals surface area (Å²) in [6.45, 7) is 15.3. The van der Waals surface area contributed by atoms with Crippen molar-refractivity contribution in [1.29, 1.82) is 0 Å². The van der Waals surface area contributed by atoms with Gasteiger partial charge in [-0.2, -0.15) is 0 Å². The Morgan fingerprint density at radius 2 is 0.927 bits per heavy atom. The quantitative estimate of drug-likeness (QED) is 0.0546. The predicted molar refractivity (Wildman–Crippen MR) is 200 cm³/mol. The molecule has 19 heteroatoms. The van der Waals surface area contributed by atoms with Gasteiger partial charge in [0.1, 0.15) is 36.3 Å². The van der Waals surface area contributed by atoms with Crippen molar-refractivity contribution in [2.45, 2.75) is 150 Å². The second-order valence-corrected chi connectivity index (χ2v) is 14.9.